The Labute approximate surface area is 151 Å². The molecule has 0 N–H and O–H groups in total. The molecule has 0 heterocycles. The summed E-state index contributed by atoms with van der Waals surface area (Å²) in [5, 5.41) is 0.991. The Bertz CT molecular complexity index is 823. The van der Waals surface area contributed by atoms with Crippen LogP contribution in [0.1, 0.15) is 12.0 Å². The summed E-state index contributed by atoms with van der Waals surface area (Å²) in [6.07, 6.45) is -0.0844. The first-order valence-electron chi connectivity index (χ1n) is 7.25. The molecule has 2 rings (SSSR count). The van der Waals surface area contributed by atoms with Gasteiger partial charge in [0.05, 0.1) is 10.6 Å². The number of halogens is 2. The van der Waals surface area contributed by atoms with Crippen molar-refractivity contribution in [2.45, 2.75) is 17.9 Å². The molecule has 0 radical (unpaired) electrons. The van der Waals surface area contributed by atoms with Crippen molar-refractivity contribution in [2.24, 2.45) is 0 Å². The molecule has 2 aromatic rings. The van der Waals surface area contributed by atoms with Crippen molar-refractivity contribution in [3.05, 3.63) is 64.1 Å². The first kappa shape index (κ1) is 18.8. The van der Waals surface area contributed by atoms with Gasteiger partial charge in [0.1, 0.15) is 0 Å². The Morgan fingerprint density at radius 1 is 1.08 bits per heavy atom. The Balaban J connectivity index is 1.97. The van der Waals surface area contributed by atoms with Gasteiger partial charge in [-0.05, 0) is 29.8 Å². The van der Waals surface area contributed by atoms with Crippen LogP contribution in [0.3, 0.4) is 0 Å². The Morgan fingerprint density at radius 3 is 2.38 bits per heavy atom. The third kappa shape index (κ3) is 4.97. The molecule has 0 spiro atoms. The predicted octanol–water partition coefficient (Wildman–Crippen LogP) is 3.82. The number of amides is 1. The molecule has 4 nitrogen and oxygen atoms in total. The molecule has 0 bridgehead atoms. The van der Waals surface area contributed by atoms with Gasteiger partial charge in [-0.3, -0.25) is 4.79 Å². The van der Waals surface area contributed by atoms with E-state index in [2.05, 4.69) is 0 Å². The van der Waals surface area contributed by atoms with Crippen LogP contribution in [0, 0.1) is 0 Å². The van der Waals surface area contributed by atoms with Gasteiger partial charge in [0.25, 0.3) is 0 Å². The van der Waals surface area contributed by atoms with E-state index in [1.165, 1.54) is 17.0 Å². The SMILES string of the molecule is CN(Cc1ccc(Cl)cc1Cl)C(=O)CCS(=O)(=O)c1ccccc1. The maximum atomic E-state index is 12.2. The molecule has 0 aliphatic heterocycles. The van der Waals surface area contributed by atoms with E-state index >= 15 is 0 Å². The van der Waals surface area contributed by atoms with Crippen molar-refractivity contribution in [1.29, 1.82) is 0 Å². The van der Waals surface area contributed by atoms with Gasteiger partial charge in [-0.1, -0.05) is 47.5 Å². The maximum absolute atomic E-state index is 12.2. The summed E-state index contributed by atoms with van der Waals surface area (Å²) in [5.41, 5.74) is 0.753. The highest BCUT2D eigenvalue weighted by Crippen LogP contribution is 2.22. The molecule has 0 saturated carbocycles. The Hall–Kier alpha value is -1.56. The van der Waals surface area contributed by atoms with Crippen molar-refractivity contribution in [1.82, 2.24) is 4.90 Å². The summed E-state index contributed by atoms with van der Waals surface area (Å²) >= 11 is 11.9. The van der Waals surface area contributed by atoms with E-state index in [0.717, 1.165) is 5.56 Å². The fourth-order valence-electron chi connectivity index (χ4n) is 2.15. The van der Waals surface area contributed by atoms with Gasteiger partial charge in [-0.25, -0.2) is 8.42 Å². The van der Waals surface area contributed by atoms with E-state index < -0.39 is 9.84 Å². The smallest absolute Gasteiger partial charge is 0.223 e. The average Bonchev–Trinajstić information content (AvgIpc) is 2.56. The van der Waals surface area contributed by atoms with Crippen LogP contribution in [0.5, 0.6) is 0 Å². The van der Waals surface area contributed by atoms with E-state index in [-0.39, 0.29) is 23.0 Å². The van der Waals surface area contributed by atoms with Crippen LogP contribution in [0.15, 0.2) is 53.4 Å². The van der Waals surface area contributed by atoms with E-state index in [4.69, 9.17) is 23.2 Å². The van der Waals surface area contributed by atoms with Crippen molar-refractivity contribution in [3.8, 4) is 0 Å². The number of hydrogen-bond donors (Lipinski definition) is 0. The lowest BCUT2D eigenvalue weighted by Crippen LogP contribution is -2.28. The van der Waals surface area contributed by atoms with E-state index in [0.29, 0.717) is 16.6 Å². The van der Waals surface area contributed by atoms with Crippen molar-refractivity contribution in [3.63, 3.8) is 0 Å². The van der Waals surface area contributed by atoms with E-state index in [1.54, 1.807) is 43.4 Å². The minimum Gasteiger partial charge on any atom is -0.341 e. The minimum atomic E-state index is -3.47. The summed E-state index contributed by atoms with van der Waals surface area (Å²) in [5.74, 6) is -0.491. The first-order chi connectivity index (χ1) is 11.3. The molecule has 24 heavy (non-hydrogen) atoms. The Morgan fingerprint density at radius 2 is 1.75 bits per heavy atom. The number of sulfone groups is 1. The Kier molecular flexibility index (Phi) is 6.27. The van der Waals surface area contributed by atoms with Crippen LogP contribution in [0.25, 0.3) is 0 Å². The van der Waals surface area contributed by atoms with Crippen molar-refractivity contribution >= 4 is 38.9 Å². The zero-order valence-corrected chi connectivity index (χ0v) is 15.4. The number of carbonyl (C=O) groups excluding carboxylic acids is 1. The monoisotopic (exact) mass is 385 g/mol. The molecule has 0 aliphatic carbocycles. The average molecular weight is 386 g/mol. The first-order valence-corrected chi connectivity index (χ1v) is 9.66. The molecule has 128 valence electrons. The second-order valence-corrected chi connectivity index (χ2v) is 8.32. The van der Waals surface area contributed by atoms with Crippen LogP contribution >= 0.6 is 23.2 Å². The molecule has 0 aliphatic rings. The number of hydrogen-bond acceptors (Lipinski definition) is 3. The van der Waals surface area contributed by atoms with Crippen molar-refractivity contribution in [2.75, 3.05) is 12.8 Å². The number of carbonyl (C=O) groups is 1. The molecule has 0 saturated heterocycles. The lowest BCUT2D eigenvalue weighted by Gasteiger charge is -2.18. The van der Waals surface area contributed by atoms with Gasteiger partial charge in [0.2, 0.25) is 5.91 Å². The van der Waals surface area contributed by atoms with E-state index in [9.17, 15) is 13.2 Å². The highest BCUT2D eigenvalue weighted by molar-refractivity contribution is 7.91. The fraction of sp³-hybridized carbons (Fsp3) is 0.235. The maximum Gasteiger partial charge on any atom is 0.223 e. The second-order valence-electron chi connectivity index (χ2n) is 5.37. The topological polar surface area (TPSA) is 54.5 Å². The van der Waals surface area contributed by atoms with Gasteiger partial charge < -0.3 is 4.90 Å². The zero-order chi connectivity index (χ0) is 17.7. The minimum absolute atomic E-state index is 0.0844. The highest BCUT2D eigenvalue weighted by atomic mass is 35.5. The number of nitrogens with zero attached hydrogens (tertiary/aromatic N) is 1. The van der Waals surface area contributed by atoms with E-state index in [1.807, 2.05) is 0 Å². The molecule has 0 atom stereocenters. The van der Waals surface area contributed by atoms with Crippen LogP contribution in [0.4, 0.5) is 0 Å². The normalized spacial score (nSPS) is 11.3. The summed E-state index contributed by atoms with van der Waals surface area (Å²) in [6.45, 7) is 0.292. The molecular weight excluding hydrogens is 369 g/mol. The van der Waals surface area contributed by atoms with Gasteiger partial charge in [0.15, 0.2) is 9.84 Å². The molecule has 0 aromatic heterocycles. The molecule has 0 fully saturated rings. The number of rotatable bonds is 6. The predicted molar refractivity (Wildman–Crippen MR) is 96.0 cm³/mol. The summed E-state index contributed by atoms with van der Waals surface area (Å²) in [6, 6.07) is 13.2. The van der Waals surface area contributed by atoms with Gasteiger partial charge in [0, 0.05) is 30.1 Å². The number of benzene rings is 2. The second kappa shape index (κ2) is 8.01. The summed E-state index contributed by atoms with van der Waals surface area (Å²) in [4.78, 5) is 13.9. The quantitative estimate of drug-likeness (QED) is 0.759. The molecule has 2 aromatic carbocycles. The molecular formula is C17H17Cl2NO3S. The summed E-state index contributed by atoms with van der Waals surface area (Å²) < 4.78 is 24.4. The van der Waals surface area contributed by atoms with Crippen LogP contribution in [0.2, 0.25) is 10.0 Å². The van der Waals surface area contributed by atoms with Gasteiger partial charge >= 0.3 is 0 Å². The zero-order valence-electron chi connectivity index (χ0n) is 13.1. The molecule has 0 unspecified atom stereocenters. The third-order valence-corrected chi connectivity index (χ3v) is 5.85. The lowest BCUT2D eigenvalue weighted by molar-refractivity contribution is -0.130. The molecule has 1 amide bonds. The fourth-order valence-corrected chi connectivity index (χ4v) is 3.87. The standard InChI is InChI=1S/C17H17Cl2NO3S/c1-20(12-13-7-8-14(18)11-16(13)19)17(21)9-10-24(22,23)15-5-3-2-4-6-15/h2-8,11H,9-10,12H2,1H3. The van der Waals surface area contributed by atoms with Gasteiger partial charge in [-0.15, -0.1) is 0 Å². The molecule has 7 heteroatoms. The van der Waals surface area contributed by atoms with Crippen LogP contribution in [-0.4, -0.2) is 32.0 Å². The van der Waals surface area contributed by atoms with Crippen LogP contribution < -0.4 is 0 Å². The van der Waals surface area contributed by atoms with Gasteiger partial charge in [-0.2, -0.15) is 0 Å². The summed E-state index contributed by atoms with van der Waals surface area (Å²) in [7, 11) is -1.85. The van der Waals surface area contributed by atoms with Crippen molar-refractivity contribution < 1.29 is 13.2 Å². The lowest BCUT2D eigenvalue weighted by atomic mass is 10.2. The third-order valence-electron chi connectivity index (χ3n) is 3.54. The largest absolute Gasteiger partial charge is 0.341 e. The highest BCUT2D eigenvalue weighted by Gasteiger charge is 2.18. The van der Waals surface area contributed by atoms with Crippen LogP contribution in [-0.2, 0) is 21.2 Å².